The molecule has 172 valence electrons. The fourth-order valence-electron chi connectivity index (χ4n) is 3.38. The van der Waals surface area contributed by atoms with Crippen molar-refractivity contribution in [2.75, 3.05) is 33.3 Å². The Morgan fingerprint density at radius 2 is 1.71 bits per heavy atom. The van der Waals surface area contributed by atoms with Gasteiger partial charge >= 0.3 is 6.09 Å². The summed E-state index contributed by atoms with van der Waals surface area (Å²) in [6.07, 6.45) is 1.79. The van der Waals surface area contributed by atoms with Crippen LogP contribution in [-0.2, 0) is 20.7 Å². The molecule has 1 heterocycles. The number of carbonyl (C=O) groups is 3. The molecule has 1 aliphatic heterocycles. The summed E-state index contributed by atoms with van der Waals surface area (Å²) >= 11 is 0. The molecule has 0 radical (unpaired) electrons. The highest BCUT2D eigenvalue weighted by atomic mass is 16.6. The van der Waals surface area contributed by atoms with Crippen molar-refractivity contribution in [1.29, 1.82) is 0 Å². The fraction of sp³-hybridized carbons (Fsp3) is 0.609. The first-order valence-electron chi connectivity index (χ1n) is 10.8. The van der Waals surface area contributed by atoms with Crippen LogP contribution in [0.25, 0.3) is 0 Å². The maximum Gasteiger partial charge on any atom is 0.407 e. The number of alkyl carbamates (subject to hydrolysis) is 1. The number of nitrogens with one attached hydrogen (secondary N) is 2. The molecule has 3 amide bonds. The van der Waals surface area contributed by atoms with Gasteiger partial charge in [-0.1, -0.05) is 12.1 Å². The smallest absolute Gasteiger partial charge is 0.407 e. The largest absolute Gasteiger partial charge is 0.497 e. The number of benzene rings is 1. The lowest BCUT2D eigenvalue weighted by Crippen LogP contribution is -2.43. The van der Waals surface area contributed by atoms with Gasteiger partial charge in [-0.05, 0) is 57.2 Å². The van der Waals surface area contributed by atoms with Gasteiger partial charge in [-0.2, -0.15) is 0 Å². The minimum atomic E-state index is -0.556. The maximum absolute atomic E-state index is 12.3. The summed E-state index contributed by atoms with van der Waals surface area (Å²) in [5, 5.41) is 5.62. The highest BCUT2D eigenvalue weighted by Crippen LogP contribution is 2.17. The lowest BCUT2D eigenvalue weighted by molar-refractivity contribution is -0.132. The summed E-state index contributed by atoms with van der Waals surface area (Å²) in [4.78, 5) is 38.0. The number of piperidine rings is 1. The van der Waals surface area contributed by atoms with Gasteiger partial charge in [0.15, 0.2) is 0 Å². The number of likely N-dealkylation sites (tertiary alicyclic amines) is 1. The Morgan fingerprint density at radius 1 is 1.06 bits per heavy atom. The zero-order chi connectivity index (χ0) is 22.9. The Bertz CT molecular complexity index is 735. The molecule has 2 rings (SSSR count). The third-order valence-corrected chi connectivity index (χ3v) is 5.09. The summed E-state index contributed by atoms with van der Waals surface area (Å²) in [5.74, 6) is 1.16. The molecule has 1 fully saturated rings. The van der Waals surface area contributed by atoms with E-state index in [9.17, 15) is 14.4 Å². The van der Waals surface area contributed by atoms with E-state index in [2.05, 4.69) is 10.6 Å². The Balaban J connectivity index is 1.61. The topological polar surface area (TPSA) is 97.0 Å². The van der Waals surface area contributed by atoms with Crippen LogP contribution in [0, 0.1) is 5.92 Å². The highest BCUT2D eigenvalue weighted by Gasteiger charge is 2.23. The first-order chi connectivity index (χ1) is 14.7. The molecule has 8 heteroatoms. The summed E-state index contributed by atoms with van der Waals surface area (Å²) < 4.78 is 10.3. The van der Waals surface area contributed by atoms with Crippen LogP contribution in [0.3, 0.4) is 0 Å². The zero-order valence-electron chi connectivity index (χ0n) is 19.0. The van der Waals surface area contributed by atoms with Crippen molar-refractivity contribution in [3.05, 3.63) is 29.8 Å². The van der Waals surface area contributed by atoms with E-state index in [0.717, 1.165) is 24.2 Å². The van der Waals surface area contributed by atoms with Crippen LogP contribution in [0.4, 0.5) is 4.79 Å². The SMILES string of the molecule is COc1ccc(CC(=O)NCC2CCN(C(=O)CCNC(=O)OC(C)(C)C)CC2)cc1. The molecule has 1 aliphatic rings. The molecular formula is C23H35N3O5. The standard InChI is InChI=1S/C23H35N3O5/c1-23(2,3)31-22(29)24-12-9-21(28)26-13-10-18(11-14-26)16-25-20(27)15-17-5-7-19(30-4)8-6-17/h5-8,18H,9-16H2,1-4H3,(H,24,29)(H,25,27). The molecule has 1 aromatic rings. The number of hydrogen-bond donors (Lipinski definition) is 2. The van der Waals surface area contributed by atoms with Crippen LogP contribution in [0.5, 0.6) is 5.75 Å². The van der Waals surface area contributed by atoms with Gasteiger partial charge in [-0.15, -0.1) is 0 Å². The zero-order valence-corrected chi connectivity index (χ0v) is 19.0. The number of carbonyl (C=O) groups excluding carboxylic acids is 3. The van der Waals surface area contributed by atoms with Gasteiger partial charge in [0.25, 0.3) is 0 Å². The van der Waals surface area contributed by atoms with E-state index in [0.29, 0.717) is 32.0 Å². The number of nitrogens with zero attached hydrogens (tertiary/aromatic N) is 1. The average Bonchev–Trinajstić information content (AvgIpc) is 2.72. The summed E-state index contributed by atoms with van der Waals surface area (Å²) in [6, 6.07) is 7.47. The van der Waals surface area contributed by atoms with Crippen LogP contribution >= 0.6 is 0 Å². The average molecular weight is 434 g/mol. The Labute approximate surface area is 184 Å². The van der Waals surface area contributed by atoms with Crippen molar-refractivity contribution < 1.29 is 23.9 Å². The first-order valence-corrected chi connectivity index (χ1v) is 10.8. The second kappa shape index (κ2) is 11.6. The highest BCUT2D eigenvalue weighted by molar-refractivity contribution is 5.78. The molecule has 0 aromatic heterocycles. The van der Waals surface area contributed by atoms with Crippen molar-refractivity contribution in [2.45, 2.75) is 52.1 Å². The number of ether oxygens (including phenoxy) is 2. The van der Waals surface area contributed by atoms with E-state index in [1.165, 1.54) is 0 Å². The lowest BCUT2D eigenvalue weighted by Gasteiger charge is -2.32. The summed E-state index contributed by atoms with van der Waals surface area (Å²) in [7, 11) is 1.61. The van der Waals surface area contributed by atoms with Crippen molar-refractivity contribution in [3.63, 3.8) is 0 Å². The monoisotopic (exact) mass is 433 g/mol. The predicted octanol–water partition coefficient (Wildman–Crippen LogP) is 2.51. The molecule has 0 saturated carbocycles. The molecule has 0 spiro atoms. The van der Waals surface area contributed by atoms with E-state index < -0.39 is 11.7 Å². The molecular weight excluding hydrogens is 398 g/mol. The van der Waals surface area contributed by atoms with Crippen LogP contribution in [0.2, 0.25) is 0 Å². The van der Waals surface area contributed by atoms with Gasteiger partial charge in [0, 0.05) is 32.6 Å². The quantitative estimate of drug-likeness (QED) is 0.657. The Morgan fingerprint density at radius 3 is 2.29 bits per heavy atom. The third kappa shape index (κ3) is 9.27. The molecule has 8 nitrogen and oxygen atoms in total. The van der Waals surface area contributed by atoms with E-state index in [4.69, 9.17) is 9.47 Å². The minimum Gasteiger partial charge on any atom is -0.497 e. The Hall–Kier alpha value is -2.77. The molecule has 0 bridgehead atoms. The number of methoxy groups -OCH3 is 1. The van der Waals surface area contributed by atoms with Gasteiger partial charge in [-0.3, -0.25) is 9.59 Å². The van der Waals surface area contributed by atoms with Crippen LogP contribution in [-0.4, -0.2) is 61.7 Å². The molecule has 0 unspecified atom stereocenters. The first kappa shape index (κ1) is 24.5. The molecule has 0 atom stereocenters. The number of hydrogen-bond acceptors (Lipinski definition) is 5. The van der Waals surface area contributed by atoms with Crippen LogP contribution in [0.15, 0.2) is 24.3 Å². The summed E-state index contributed by atoms with van der Waals surface area (Å²) in [6.45, 7) is 7.61. The van der Waals surface area contributed by atoms with E-state index in [1.807, 2.05) is 29.2 Å². The molecule has 0 aliphatic carbocycles. The lowest BCUT2D eigenvalue weighted by atomic mass is 9.96. The normalized spacial score (nSPS) is 14.6. The Kier molecular flexibility index (Phi) is 9.15. The van der Waals surface area contributed by atoms with E-state index in [1.54, 1.807) is 27.9 Å². The van der Waals surface area contributed by atoms with Gasteiger partial charge < -0.3 is 25.0 Å². The number of rotatable bonds is 8. The van der Waals surface area contributed by atoms with Gasteiger partial charge in [0.05, 0.1) is 13.5 Å². The second-order valence-electron chi connectivity index (χ2n) is 8.83. The van der Waals surface area contributed by atoms with Gasteiger partial charge in [0.2, 0.25) is 11.8 Å². The third-order valence-electron chi connectivity index (χ3n) is 5.09. The van der Waals surface area contributed by atoms with Gasteiger partial charge in [-0.25, -0.2) is 4.79 Å². The van der Waals surface area contributed by atoms with E-state index in [-0.39, 0.29) is 24.8 Å². The molecule has 2 N–H and O–H groups in total. The van der Waals surface area contributed by atoms with Gasteiger partial charge in [0.1, 0.15) is 11.4 Å². The van der Waals surface area contributed by atoms with Crippen molar-refractivity contribution in [3.8, 4) is 5.75 Å². The van der Waals surface area contributed by atoms with Crippen LogP contribution < -0.4 is 15.4 Å². The number of amides is 3. The van der Waals surface area contributed by atoms with E-state index >= 15 is 0 Å². The van der Waals surface area contributed by atoms with Crippen LogP contribution in [0.1, 0.15) is 45.6 Å². The molecule has 1 saturated heterocycles. The minimum absolute atomic E-state index is 0.00288. The molecule has 1 aromatic carbocycles. The second-order valence-corrected chi connectivity index (χ2v) is 8.83. The van der Waals surface area contributed by atoms with Crippen molar-refractivity contribution in [2.24, 2.45) is 5.92 Å². The molecule has 31 heavy (non-hydrogen) atoms. The fourth-order valence-corrected chi connectivity index (χ4v) is 3.38. The van der Waals surface area contributed by atoms with Crippen molar-refractivity contribution in [1.82, 2.24) is 15.5 Å². The maximum atomic E-state index is 12.3. The van der Waals surface area contributed by atoms with Crippen molar-refractivity contribution >= 4 is 17.9 Å². The predicted molar refractivity (Wildman–Crippen MR) is 118 cm³/mol. The summed E-state index contributed by atoms with van der Waals surface area (Å²) in [5.41, 5.74) is 0.388.